The Morgan fingerprint density at radius 3 is 1.40 bits per heavy atom. The molecule has 0 amide bonds. The van der Waals surface area contributed by atoms with Crippen LogP contribution in [0.1, 0.15) is 22.3 Å². The largest absolute Gasteiger partial charge is 0.493 e. The highest BCUT2D eigenvalue weighted by atomic mass is 32.2. The maximum Gasteiger partial charge on any atom is 0.243 e. The lowest BCUT2D eigenvalue weighted by Gasteiger charge is -2.27. The average molecular weight is 803 g/mol. The van der Waals surface area contributed by atoms with Gasteiger partial charge in [-0.1, -0.05) is 41.5 Å². The number of hydrogen-bond acceptors (Lipinski definition) is 12. The molecular formula is C39H50N2O12S2. The van der Waals surface area contributed by atoms with Gasteiger partial charge in [0.15, 0.2) is 35.6 Å². The van der Waals surface area contributed by atoms with Crippen molar-refractivity contribution in [3.05, 3.63) is 101 Å². The van der Waals surface area contributed by atoms with Gasteiger partial charge in [0.05, 0.1) is 44.2 Å². The molecule has 0 unspecified atom stereocenters. The second-order valence-corrected chi connectivity index (χ2v) is 16.3. The van der Waals surface area contributed by atoms with Gasteiger partial charge in [0.1, 0.15) is 0 Å². The molecule has 0 saturated carbocycles. The van der Waals surface area contributed by atoms with Crippen molar-refractivity contribution in [2.24, 2.45) is 0 Å². The molecule has 0 aromatic heterocycles. The summed E-state index contributed by atoms with van der Waals surface area (Å²) in [5.41, 5.74) is 2.75. The third-order valence-corrected chi connectivity index (χ3v) is 12.5. The maximum atomic E-state index is 14.2. The number of hydrogen-bond donors (Lipinski definition) is 0. The molecule has 16 heteroatoms. The molecule has 0 aliphatic rings. The average Bonchev–Trinajstić information content (AvgIpc) is 3.18. The Morgan fingerprint density at radius 1 is 0.509 bits per heavy atom. The van der Waals surface area contributed by atoms with Gasteiger partial charge in [-0.3, -0.25) is 0 Å². The predicted molar refractivity (Wildman–Crippen MR) is 206 cm³/mol. The van der Waals surface area contributed by atoms with Crippen LogP contribution in [0, 0.1) is 13.8 Å². The Morgan fingerprint density at radius 2 is 0.964 bits per heavy atom. The fourth-order valence-corrected chi connectivity index (χ4v) is 8.44. The van der Waals surface area contributed by atoms with Crippen molar-refractivity contribution in [3.63, 3.8) is 0 Å². The molecule has 0 fully saturated rings. The second kappa shape index (κ2) is 19.6. The number of benzene rings is 4. The van der Waals surface area contributed by atoms with Gasteiger partial charge in [-0.25, -0.2) is 16.8 Å². The van der Waals surface area contributed by atoms with E-state index in [0.29, 0.717) is 22.6 Å². The van der Waals surface area contributed by atoms with E-state index < -0.39 is 32.6 Å². The monoisotopic (exact) mass is 802 g/mol. The summed E-state index contributed by atoms with van der Waals surface area (Å²) in [5, 5.41) is 0. The van der Waals surface area contributed by atoms with Crippen molar-refractivity contribution >= 4 is 20.0 Å². The standard InChI is InChI=1S/C39H50N2O12S2/c1-27-10-16-31(17-11-27)54(42,43)40(25-36(48-5)49-6)23-29-14-20-33(46-3)35(22-29)53-38-30(15-21-34(47-4)39(38)52-9)24-41(26-37(50-7)51-8)55(44,45)32-18-12-28(2)13-19-32/h10-22,36-37H,23-26H2,1-9H3. The number of nitrogens with zero attached hydrogens (tertiary/aromatic N) is 2. The zero-order valence-electron chi connectivity index (χ0n) is 32.6. The molecule has 0 aliphatic heterocycles. The SMILES string of the molecule is COc1ccc(CN(CC(OC)OC)S(=O)(=O)c2ccc(C)cc2)cc1Oc1c(CN(CC(OC)OC)S(=O)(=O)c2ccc(C)cc2)ccc(OC)c1OC. The van der Waals surface area contributed by atoms with Gasteiger partial charge in [0.2, 0.25) is 25.8 Å². The molecule has 4 aromatic rings. The van der Waals surface area contributed by atoms with Crippen molar-refractivity contribution in [3.8, 4) is 28.7 Å². The molecule has 0 saturated heterocycles. The lowest BCUT2D eigenvalue weighted by atomic mass is 10.1. The molecule has 0 atom stereocenters. The first kappa shape index (κ1) is 43.5. The fraction of sp³-hybridized carbons (Fsp3) is 0.385. The van der Waals surface area contributed by atoms with Crippen LogP contribution in [-0.2, 0) is 52.1 Å². The van der Waals surface area contributed by atoms with Crippen molar-refractivity contribution in [2.45, 2.75) is 49.3 Å². The number of sulfonamides is 2. The summed E-state index contributed by atoms with van der Waals surface area (Å²) in [7, 11) is 1.94. The number of aryl methyl sites for hydroxylation is 2. The second-order valence-electron chi connectivity index (χ2n) is 12.4. The molecule has 0 aliphatic carbocycles. The summed E-state index contributed by atoms with van der Waals surface area (Å²) < 4.78 is 104. The van der Waals surface area contributed by atoms with E-state index in [1.54, 1.807) is 78.9 Å². The molecule has 0 N–H and O–H groups in total. The highest BCUT2D eigenvalue weighted by molar-refractivity contribution is 7.89. The zero-order valence-corrected chi connectivity index (χ0v) is 34.2. The van der Waals surface area contributed by atoms with E-state index in [1.807, 2.05) is 13.8 Å². The van der Waals surface area contributed by atoms with Crippen LogP contribution in [0.15, 0.2) is 88.7 Å². The Labute approximate surface area is 324 Å². The smallest absolute Gasteiger partial charge is 0.243 e. The summed E-state index contributed by atoms with van der Waals surface area (Å²) >= 11 is 0. The first-order chi connectivity index (χ1) is 26.2. The Bertz CT molecular complexity index is 2070. The molecule has 4 rings (SSSR count). The first-order valence-corrected chi connectivity index (χ1v) is 20.0. The van der Waals surface area contributed by atoms with Crippen LogP contribution in [0.4, 0.5) is 0 Å². The van der Waals surface area contributed by atoms with Crippen molar-refractivity contribution < 1.29 is 54.7 Å². The van der Waals surface area contributed by atoms with Crippen LogP contribution >= 0.6 is 0 Å². The van der Waals surface area contributed by atoms with Crippen molar-refractivity contribution in [1.29, 1.82) is 0 Å². The molecule has 300 valence electrons. The molecule has 4 aromatic carbocycles. The fourth-order valence-electron chi connectivity index (χ4n) is 5.62. The first-order valence-electron chi connectivity index (χ1n) is 17.1. The van der Waals surface area contributed by atoms with Crippen LogP contribution in [-0.4, -0.2) is 101 Å². The highest BCUT2D eigenvalue weighted by Gasteiger charge is 2.31. The van der Waals surface area contributed by atoms with E-state index in [-0.39, 0.29) is 53.2 Å². The minimum atomic E-state index is -4.10. The van der Waals surface area contributed by atoms with Crippen LogP contribution in [0.2, 0.25) is 0 Å². The van der Waals surface area contributed by atoms with Gasteiger partial charge in [-0.05, 0) is 67.9 Å². The molecule has 0 spiro atoms. The summed E-state index contributed by atoms with van der Waals surface area (Å²) in [6.07, 6.45) is -1.75. The molecule has 14 nitrogen and oxygen atoms in total. The van der Waals surface area contributed by atoms with Crippen molar-refractivity contribution in [1.82, 2.24) is 8.61 Å². The minimum absolute atomic E-state index is 0.0794. The lowest BCUT2D eigenvalue weighted by molar-refractivity contribution is -0.108. The van der Waals surface area contributed by atoms with Gasteiger partial charge >= 0.3 is 0 Å². The van der Waals surface area contributed by atoms with Gasteiger partial charge in [-0.15, -0.1) is 0 Å². The van der Waals surface area contributed by atoms with E-state index in [0.717, 1.165) is 11.1 Å². The predicted octanol–water partition coefficient (Wildman–Crippen LogP) is 5.74. The van der Waals surface area contributed by atoms with E-state index in [9.17, 15) is 16.8 Å². The highest BCUT2D eigenvalue weighted by Crippen LogP contribution is 2.45. The van der Waals surface area contributed by atoms with E-state index in [1.165, 1.54) is 58.4 Å². The summed E-state index contributed by atoms with van der Waals surface area (Å²) in [6, 6.07) is 21.4. The third-order valence-electron chi connectivity index (χ3n) is 8.80. The van der Waals surface area contributed by atoms with Gasteiger partial charge < -0.3 is 37.9 Å². The number of ether oxygens (including phenoxy) is 8. The van der Waals surface area contributed by atoms with E-state index >= 15 is 0 Å². The Kier molecular flexibility index (Phi) is 15.5. The van der Waals surface area contributed by atoms with Crippen LogP contribution in [0.25, 0.3) is 0 Å². The Balaban J connectivity index is 1.82. The third kappa shape index (κ3) is 10.5. The van der Waals surface area contributed by atoms with E-state index in [2.05, 4.69) is 0 Å². The lowest BCUT2D eigenvalue weighted by Crippen LogP contribution is -2.38. The van der Waals surface area contributed by atoms with Crippen LogP contribution in [0.5, 0.6) is 28.7 Å². The minimum Gasteiger partial charge on any atom is -0.493 e. The molecule has 0 radical (unpaired) electrons. The van der Waals surface area contributed by atoms with E-state index in [4.69, 9.17) is 37.9 Å². The molecule has 0 bridgehead atoms. The molecular weight excluding hydrogens is 753 g/mol. The van der Waals surface area contributed by atoms with Crippen molar-refractivity contribution in [2.75, 3.05) is 62.9 Å². The summed E-state index contributed by atoms with van der Waals surface area (Å²) in [5.74, 6) is 1.13. The summed E-state index contributed by atoms with van der Waals surface area (Å²) in [6.45, 7) is 3.17. The number of rotatable bonds is 21. The zero-order chi connectivity index (χ0) is 40.3. The van der Waals surface area contributed by atoms with Gasteiger partial charge in [0, 0.05) is 47.1 Å². The molecule has 0 heterocycles. The Hall–Kier alpha value is -4.26. The normalized spacial score (nSPS) is 12.2. The topological polar surface area (TPSA) is 149 Å². The summed E-state index contributed by atoms with van der Waals surface area (Å²) in [4.78, 5) is 0.185. The van der Waals surface area contributed by atoms with Gasteiger partial charge in [0.25, 0.3) is 0 Å². The van der Waals surface area contributed by atoms with Crippen LogP contribution in [0.3, 0.4) is 0 Å². The maximum absolute atomic E-state index is 14.2. The van der Waals surface area contributed by atoms with Gasteiger partial charge in [-0.2, -0.15) is 8.61 Å². The quantitative estimate of drug-likeness (QED) is 0.0947. The molecule has 55 heavy (non-hydrogen) atoms. The van der Waals surface area contributed by atoms with Crippen LogP contribution < -0.4 is 18.9 Å². The number of methoxy groups -OCH3 is 7.